The fraction of sp³-hybridized carbons (Fsp3) is 0.200. The lowest BCUT2D eigenvalue weighted by molar-refractivity contribution is 1.30. The van der Waals surface area contributed by atoms with Crippen molar-refractivity contribution in [2.75, 3.05) is 5.75 Å². The van der Waals surface area contributed by atoms with Crippen LogP contribution in [0.25, 0.3) is 0 Å². The molecule has 0 saturated heterocycles. The zero-order chi connectivity index (χ0) is 20.5. The van der Waals surface area contributed by atoms with E-state index in [1.807, 2.05) is 63.0 Å². The molecule has 2 aliphatic rings. The molecule has 0 saturated carbocycles. The van der Waals surface area contributed by atoms with Gasteiger partial charge in [0.25, 0.3) is 0 Å². The van der Waals surface area contributed by atoms with Crippen LogP contribution in [0.3, 0.4) is 0 Å². The molecule has 0 atom stereocenters. The molecule has 0 bridgehead atoms. The summed E-state index contributed by atoms with van der Waals surface area (Å²) in [7, 11) is 0. The van der Waals surface area contributed by atoms with Crippen LogP contribution >= 0.6 is 11.8 Å². The van der Waals surface area contributed by atoms with Crippen molar-refractivity contribution in [3.05, 3.63) is 107 Å². The number of fused-ring (bicyclic) bond motifs is 1. The maximum Gasteiger partial charge on any atom is 0.0896 e. The van der Waals surface area contributed by atoms with E-state index in [1.54, 1.807) is 6.08 Å². The Labute approximate surface area is 173 Å². The molecule has 0 amide bonds. The van der Waals surface area contributed by atoms with Crippen LogP contribution in [0.15, 0.2) is 117 Å². The number of hydrogen-bond acceptors (Lipinski definition) is 3. The molecule has 28 heavy (non-hydrogen) atoms. The summed E-state index contributed by atoms with van der Waals surface area (Å²) in [6.07, 6.45) is 20.0. The maximum absolute atomic E-state index is 4.81. The molecule has 0 aliphatic carbocycles. The van der Waals surface area contributed by atoms with Crippen molar-refractivity contribution in [2.45, 2.75) is 27.7 Å². The normalized spacial score (nSPS) is 22.9. The largest absolute Gasteiger partial charge is 0.254 e. The fourth-order valence-electron chi connectivity index (χ4n) is 2.61. The average molecular weight is 389 g/mol. The van der Waals surface area contributed by atoms with Gasteiger partial charge in [-0.1, -0.05) is 49.6 Å². The van der Waals surface area contributed by atoms with E-state index < -0.39 is 0 Å². The van der Waals surface area contributed by atoms with Crippen molar-refractivity contribution < 1.29 is 0 Å². The van der Waals surface area contributed by atoms with Gasteiger partial charge in [-0.15, -0.1) is 11.8 Å². The van der Waals surface area contributed by atoms with Gasteiger partial charge in [0.15, 0.2) is 0 Å². The Morgan fingerprint density at radius 3 is 2.71 bits per heavy atom. The number of hydrogen-bond donors (Lipinski definition) is 0. The van der Waals surface area contributed by atoms with Crippen LogP contribution < -0.4 is 0 Å². The van der Waals surface area contributed by atoms with Crippen LogP contribution in [-0.4, -0.2) is 17.2 Å². The standard InChI is InChI=1S/C25H28N2S/c1-7-9-11-24(26-16-18(3)10-8-2)25-15-23-17-28-20(5)14-22(23)13-12-19(4)21(6)27-25/h7-16H,1,6,17H2,2-5H3/b10-8-,11-9+,18-16+,19-12+,22-13-,23-15?,26-24+,27-25?. The third-order valence-electron chi connectivity index (χ3n) is 4.21. The zero-order valence-electron chi connectivity index (χ0n) is 17.2. The smallest absolute Gasteiger partial charge is 0.0896 e. The third-order valence-corrected chi connectivity index (χ3v) is 5.24. The van der Waals surface area contributed by atoms with Gasteiger partial charge < -0.3 is 0 Å². The van der Waals surface area contributed by atoms with Crippen LogP contribution in [0, 0.1) is 0 Å². The number of allylic oxidation sites excluding steroid dienone is 13. The molecule has 0 N–H and O–H groups in total. The second-order valence-corrected chi connectivity index (χ2v) is 7.83. The van der Waals surface area contributed by atoms with E-state index in [0.717, 1.165) is 34.0 Å². The molecule has 0 aromatic heterocycles. The van der Waals surface area contributed by atoms with Gasteiger partial charge in [-0.2, -0.15) is 0 Å². The van der Waals surface area contributed by atoms with Gasteiger partial charge in [-0.25, -0.2) is 4.99 Å². The first-order valence-electron chi connectivity index (χ1n) is 9.30. The highest BCUT2D eigenvalue weighted by Gasteiger charge is 2.15. The molecule has 0 fully saturated rings. The van der Waals surface area contributed by atoms with Gasteiger partial charge in [0.1, 0.15) is 0 Å². The van der Waals surface area contributed by atoms with Crippen LogP contribution in [0.1, 0.15) is 27.7 Å². The molecular weight excluding hydrogens is 360 g/mol. The lowest BCUT2D eigenvalue weighted by atomic mass is 10.0. The first kappa shape index (κ1) is 21.6. The number of aliphatic imine (C=N–C) groups is 2. The predicted molar refractivity (Wildman–Crippen MR) is 128 cm³/mol. The molecule has 2 heterocycles. The van der Waals surface area contributed by atoms with E-state index in [2.05, 4.69) is 44.4 Å². The number of rotatable bonds is 5. The Kier molecular flexibility index (Phi) is 8.21. The van der Waals surface area contributed by atoms with Crippen molar-refractivity contribution in [3.8, 4) is 0 Å². The topological polar surface area (TPSA) is 24.7 Å². The minimum atomic E-state index is 0.740. The second kappa shape index (κ2) is 10.6. The summed E-state index contributed by atoms with van der Waals surface area (Å²) in [5.41, 5.74) is 6.89. The lowest BCUT2D eigenvalue weighted by Crippen LogP contribution is -2.12. The first-order chi connectivity index (χ1) is 13.4. The van der Waals surface area contributed by atoms with E-state index in [0.29, 0.717) is 0 Å². The summed E-state index contributed by atoms with van der Waals surface area (Å²) < 4.78 is 0. The van der Waals surface area contributed by atoms with Crippen LogP contribution in [-0.2, 0) is 0 Å². The molecular formula is C25H28N2S. The second-order valence-electron chi connectivity index (χ2n) is 6.61. The summed E-state index contributed by atoms with van der Waals surface area (Å²) in [6.45, 7) is 16.1. The maximum atomic E-state index is 4.81. The SMILES string of the molecule is C=C/C=C/C(=N\C=C(C)\C=C/C)C1=NC(=C)/C(C)=C/C=C2/C=C(C)SCC2=C1. The minimum Gasteiger partial charge on any atom is -0.254 e. The monoisotopic (exact) mass is 388 g/mol. The highest BCUT2D eigenvalue weighted by atomic mass is 32.2. The van der Waals surface area contributed by atoms with Gasteiger partial charge in [0.05, 0.1) is 17.1 Å². The van der Waals surface area contributed by atoms with Crippen molar-refractivity contribution in [3.63, 3.8) is 0 Å². The summed E-state index contributed by atoms with van der Waals surface area (Å²) in [4.78, 5) is 10.8. The molecule has 3 heteroatoms. The molecule has 0 unspecified atom stereocenters. The molecule has 0 aromatic rings. The molecule has 2 rings (SSSR count). The predicted octanol–water partition coefficient (Wildman–Crippen LogP) is 7.07. The Morgan fingerprint density at radius 2 is 2.00 bits per heavy atom. The summed E-state index contributed by atoms with van der Waals surface area (Å²) in [5, 5.41) is 0. The highest BCUT2D eigenvalue weighted by molar-refractivity contribution is 8.03. The quantitative estimate of drug-likeness (QED) is 0.365. The molecule has 0 aromatic carbocycles. The summed E-state index contributed by atoms with van der Waals surface area (Å²) in [5.74, 6) is 0.915. The van der Waals surface area contributed by atoms with Gasteiger partial charge in [0.2, 0.25) is 0 Å². The Morgan fingerprint density at radius 1 is 1.21 bits per heavy atom. The fourth-order valence-corrected chi connectivity index (χ4v) is 3.46. The van der Waals surface area contributed by atoms with Crippen LogP contribution in [0.2, 0.25) is 0 Å². The van der Waals surface area contributed by atoms with Crippen LogP contribution in [0.5, 0.6) is 0 Å². The number of thioether (sulfide) groups is 1. The Balaban J connectivity index is 2.64. The van der Waals surface area contributed by atoms with Crippen molar-refractivity contribution in [2.24, 2.45) is 9.98 Å². The van der Waals surface area contributed by atoms with E-state index in [1.165, 1.54) is 16.1 Å². The zero-order valence-corrected chi connectivity index (χ0v) is 18.0. The molecule has 2 aliphatic heterocycles. The lowest BCUT2D eigenvalue weighted by Gasteiger charge is -2.16. The van der Waals surface area contributed by atoms with Crippen molar-refractivity contribution in [1.82, 2.24) is 0 Å². The molecule has 0 radical (unpaired) electrons. The molecule has 0 spiro atoms. The van der Waals surface area contributed by atoms with Crippen molar-refractivity contribution >= 4 is 23.2 Å². The van der Waals surface area contributed by atoms with Gasteiger partial charge >= 0.3 is 0 Å². The van der Waals surface area contributed by atoms with E-state index in [4.69, 9.17) is 9.98 Å². The first-order valence-corrected chi connectivity index (χ1v) is 10.3. The minimum absolute atomic E-state index is 0.740. The highest BCUT2D eigenvalue weighted by Crippen LogP contribution is 2.32. The van der Waals surface area contributed by atoms with Crippen molar-refractivity contribution in [1.29, 1.82) is 0 Å². The van der Waals surface area contributed by atoms with Gasteiger partial charge in [-0.05, 0) is 73.1 Å². The van der Waals surface area contributed by atoms with E-state index in [-0.39, 0.29) is 0 Å². The molecule has 144 valence electrons. The van der Waals surface area contributed by atoms with E-state index in [9.17, 15) is 0 Å². The third kappa shape index (κ3) is 6.21. The average Bonchev–Trinajstić information content (AvgIpc) is 2.72. The number of nitrogens with zero attached hydrogens (tertiary/aromatic N) is 2. The molecule has 2 nitrogen and oxygen atoms in total. The van der Waals surface area contributed by atoms with E-state index >= 15 is 0 Å². The summed E-state index contributed by atoms with van der Waals surface area (Å²) >= 11 is 1.84. The van der Waals surface area contributed by atoms with Crippen LogP contribution in [0.4, 0.5) is 0 Å². The Bertz CT molecular complexity index is 926. The van der Waals surface area contributed by atoms with Gasteiger partial charge in [-0.3, -0.25) is 4.99 Å². The van der Waals surface area contributed by atoms with Gasteiger partial charge in [0, 0.05) is 12.0 Å². The summed E-state index contributed by atoms with van der Waals surface area (Å²) in [6, 6.07) is 0. The Hall–Kier alpha value is -2.65.